The summed E-state index contributed by atoms with van der Waals surface area (Å²) in [5.41, 5.74) is 2.20. The van der Waals surface area contributed by atoms with Gasteiger partial charge >= 0.3 is 0 Å². The van der Waals surface area contributed by atoms with Gasteiger partial charge in [0.2, 0.25) is 5.91 Å². The molecule has 4 rings (SSSR count). The minimum absolute atomic E-state index is 0.0600. The minimum atomic E-state index is -0.0600. The van der Waals surface area contributed by atoms with Crippen LogP contribution in [0.25, 0.3) is 16.3 Å². The zero-order valence-electron chi connectivity index (χ0n) is 14.8. The maximum Gasteiger partial charge on any atom is 0.244 e. The van der Waals surface area contributed by atoms with Crippen molar-refractivity contribution in [3.8, 4) is 0 Å². The van der Waals surface area contributed by atoms with Gasteiger partial charge in [0, 0.05) is 35.9 Å². The second kappa shape index (κ2) is 8.23. The Bertz CT molecular complexity index is 951. The summed E-state index contributed by atoms with van der Waals surface area (Å²) < 4.78 is 2.23. The average molecular weight is 442 g/mol. The molecule has 0 saturated carbocycles. The topological polar surface area (TPSA) is 45.2 Å². The van der Waals surface area contributed by atoms with Crippen molar-refractivity contribution in [3.05, 3.63) is 64.1 Å². The largest absolute Gasteiger partial charge is 0.371 e. The lowest BCUT2D eigenvalue weighted by Crippen LogP contribution is -2.29. The molecule has 1 unspecified atom stereocenters. The summed E-state index contributed by atoms with van der Waals surface area (Å²) in [5.74, 6) is 0.416. The van der Waals surface area contributed by atoms with Gasteiger partial charge in [0.15, 0.2) is 0 Å². The van der Waals surface area contributed by atoms with Crippen molar-refractivity contribution >= 4 is 55.2 Å². The van der Waals surface area contributed by atoms with E-state index in [4.69, 9.17) is 0 Å². The Labute approximate surface area is 171 Å². The average Bonchev–Trinajstić information content (AvgIpc) is 3.31. The molecule has 6 heteroatoms. The Morgan fingerprint density at radius 3 is 3.04 bits per heavy atom. The standard InChI is InChI=1S/C21H20BrN3OS/c22-16-4-3-5-17(12-16)25-11-10-15(14-25)13-23-20(26)8-9-21-24-18-6-1-2-7-19(18)27-21/h1-9,12,15H,10-11,13-14H2,(H,23,26)/b9-8+. The van der Waals surface area contributed by atoms with Gasteiger partial charge in [-0.25, -0.2) is 4.98 Å². The number of benzene rings is 2. The van der Waals surface area contributed by atoms with E-state index < -0.39 is 0 Å². The first kappa shape index (κ1) is 18.2. The summed E-state index contributed by atoms with van der Waals surface area (Å²) in [5, 5.41) is 3.88. The monoisotopic (exact) mass is 441 g/mol. The van der Waals surface area contributed by atoms with Gasteiger partial charge in [-0.15, -0.1) is 11.3 Å². The molecule has 0 spiro atoms. The maximum atomic E-state index is 12.1. The molecule has 1 amide bonds. The van der Waals surface area contributed by atoms with Crippen molar-refractivity contribution in [2.75, 3.05) is 24.5 Å². The lowest BCUT2D eigenvalue weighted by Gasteiger charge is -2.19. The van der Waals surface area contributed by atoms with E-state index >= 15 is 0 Å². The molecule has 0 radical (unpaired) electrons. The molecule has 0 bridgehead atoms. The van der Waals surface area contributed by atoms with Gasteiger partial charge in [-0.2, -0.15) is 0 Å². The predicted octanol–water partition coefficient (Wildman–Crippen LogP) is 4.71. The van der Waals surface area contributed by atoms with Gasteiger partial charge in [-0.1, -0.05) is 34.1 Å². The van der Waals surface area contributed by atoms with Crippen molar-refractivity contribution in [1.29, 1.82) is 0 Å². The van der Waals surface area contributed by atoms with E-state index in [0.29, 0.717) is 12.5 Å². The number of hydrogen-bond donors (Lipinski definition) is 1. The number of anilines is 1. The molecule has 2 aromatic carbocycles. The number of amides is 1. The lowest BCUT2D eigenvalue weighted by molar-refractivity contribution is -0.116. The Morgan fingerprint density at radius 2 is 2.19 bits per heavy atom. The fraction of sp³-hybridized carbons (Fsp3) is 0.238. The molecule has 1 atom stereocenters. The highest BCUT2D eigenvalue weighted by molar-refractivity contribution is 9.10. The first-order valence-electron chi connectivity index (χ1n) is 8.99. The summed E-state index contributed by atoms with van der Waals surface area (Å²) in [7, 11) is 0. The van der Waals surface area contributed by atoms with E-state index in [1.165, 1.54) is 5.69 Å². The van der Waals surface area contributed by atoms with Crippen LogP contribution in [0, 0.1) is 5.92 Å². The SMILES string of the molecule is O=C(/C=C/c1nc2ccccc2s1)NCC1CCN(c2cccc(Br)c2)C1. The number of hydrogen-bond acceptors (Lipinski definition) is 4. The molecule has 1 aromatic heterocycles. The molecule has 1 aliphatic heterocycles. The van der Waals surface area contributed by atoms with E-state index in [0.717, 1.165) is 39.2 Å². The number of thiazole rings is 1. The fourth-order valence-corrected chi connectivity index (χ4v) is 4.58. The lowest BCUT2D eigenvalue weighted by atomic mass is 10.1. The van der Waals surface area contributed by atoms with Crippen molar-refractivity contribution in [2.45, 2.75) is 6.42 Å². The van der Waals surface area contributed by atoms with Crippen LogP contribution in [0.4, 0.5) is 5.69 Å². The van der Waals surface area contributed by atoms with Gasteiger partial charge < -0.3 is 10.2 Å². The summed E-state index contributed by atoms with van der Waals surface area (Å²) in [6, 6.07) is 16.4. The van der Waals surface area contributed by atoms with Crippen LogP contribution < -0.4 is 10.2 Å². The number of halogens is 1. The van der Waals surface area contributed by atoms with Gasteiger partial charge in [0.05, 0.1) is 10.2 Å². The van der Waals surface area contributed by atoms with Crippen LogP contribution in [0.3, 0.4) is 0 Å². The Balaban J connectivity index is 1.28. The number of nitrogens with zero attached hydrogens (tertiary/aromatic N) is 2. The predicted molar refractivity (Wildman–Crippen MR) is 116 cm³/mol. The summed E-state index contributed by atoms with van der Waals surface area (Å²) in [6.07, 6.45) is 4.47. The number of aromatic nitrogens is 1. The highest BCUT2D eigenvalue weighted by Gasteiger charge is 2.22. The highest BCUT2D eigenvalue weighted by Crippen LogP contribution is 2.26. The highest BCUT2D eigenvalue weighted by atomic mass is 79.9. The summed E-state index contributed by atoms with van der Waals surface area (Å²) >= 11 is 5.12. The molecule has 27 heavy (non-hydrogen) atoms. The number of carbonyl (C=O) groups excluding carboxylic acids is 1. The van der Waals surface area contributed by atoms with E-state index in [-0.39, 0.29) is 5.91 Å². The van der Waals surface area contributed by atoms with Crippen molar-refractivity contribution < 1.29 is 4.79 Å². The molecule has 1 saturated heterocycles. The molecule has 4 nitrogen and oxygen atoms in total. The normalized spacial score (nSPS) is 17.1. The Morgan fingerprint density at radius 1 is 1.30 bits per heavy atom. The third-order valence-electron chi connectivity index (χ3n) is 4.71. The van der Waals surface area contributed by atoms with Crippen LogP contribution in [0.5, 0.6) is 0 Å². The summed E-state index contributed by atoms with van der Waals surface area (Å²) in [4.78, 5) is 19.0. The van der Waals surface area contributed by atoms with E-state index in [9.17, 15) is 4.79 Å². The fourth-order valence-electron chi connectivity index (χ4n) is 3.32. The molecule has 3 aromatic rings. The third-order valence-corrected chi connectivity index (χ3v) is 6.21. The van der Waals surface area contributed by atoms with E-state index in [2.05, 4.69) is 49.3 Å². The first-order chi connectivity index (χ1) is 13.2. The van der Waals surface area contributed by atoms with Crippen LogP contribution in [0.1, 0.15) is 11.4 Å². The number of fused-ring (bicyclic) bond motifs is 1. The molecule has 1 fully saturated rings. The molecule has 1 N–H and O–H groups in total. The van der Waals surface area contributed by atoms with Crippen LogP contribution in [0.2, 0.25) is 0 Å². The van der Waals surface area contributed by atoms with Crippen LogP contribution >= 0.6 is 27.3 Å². The number of carbonyl (C=O) groups is 1. The maximum absolute atomic E-state index is 12.1. The smallest absolute Gasteiger partial charge is 0.244 e. The second-order valence-corrected chi connectivity index (χ2v) is 8.66. The number of para-hydroxylation sites is 1. The van der Waals surface area contributed by atoms with Gasteiger partial charge in [0.1, 0.15) is 5.01 Å². The zero-order valence-corrected chi connectivity index (χ0v) is 17.2. The van der Waals surface area contributed by atoms with E-state index in [1.807, 2.05) is 30.3 Å². The molecular formula is C21H20BrN3OS. The number of nitrogens with one attached hydrogen (secondary N) is 1. The molecule has 0 aliphatic carbocycles. The first-order valence-corrected chi connectivity index (χ1v) is 10.6. The zero-order chi connectivity index (χ0) is 18.6. The number of rotatable bonds is 5. The molecule has 1 aliphatic rings. The van der Waals surface area contributed by atoms with Crippen molar-refractivity contribution in [1.82, 2.24) is 10.3 Å². The van der Waals surface area contributed by atoms with Gasteiger partial charge in [-0.05, 0) is 48.7 Å². The molecule has 138 valence electrons. The van der Waals surface area contributed by atoms with E-state index in [1.54, 1.807) is 23.5 Å². The third kappa shape index (κ3) is 4.57. The van der Waals surface area contributed by atoms with Crippen LogP contribution in [0.15, 0.2) is 59.1 Å². The van der Waals surface area contributed by atoms with Crippen molar-refractivity contribution in [2.24, 2.45) is 5.92 Å². The Kier molecular flexibility index (Phi) is 5.55. The van der Waals surface area contributed by atoms with Crippen LogP contribution in [-0.2, 0) is 4.79 Å². The molecule has 2 heterocycles. The Hall–Kier alpha value is -2.18. The second-order valence-electron chi connectivity index (χ2n) is 6.68. The minimum Gasteiger partial charge on any atom is -0.371 e. The summed E-state index contributed by atoms with van der Waals surface area (Å²) in [6.45, 7) is 2.70. The van der Waals surface area contributed by atoms with Gasteiger partial charge in [-0.3, -0.25) is 4.79 Å². The quantitative estimate of drug-likeness (QED) is 0.582. The molecular weight excluding hydrogens is 422 g/mol. The van der Waals surface area contributed by atoms with Crippen LogP contribution in [-0.4, -0.2) is 30.5 Å². The van der Waals surface area contributed by atoms with Gasteiger partial charge in [0.25, 0.3) is 0 Å². The van der Waals surface area contributed by atoms with Crippen molar-refractivity contribution in [3.63, 3.8) is 0 Å².